The van der Waals surface area contributed by atoms with Gasteiger partial charge in [0, 0.05) is 30.6 Å². The summed E-state index contributed by atoms with van der Waals surface area (Å²) in [6.07, 6.45) is 8.72. The third-order valence-electron chi connectivity index (χ3n) is 3.65. The van der Waals surface area contributed by atoms with Gasteiger partial charge in [-0.05, 0) is 31.2 Å². The molecule has 26 heavy (non-hydrogen) atoms. The molecule has 0 bridgehead atoms. The lowest BCUT2D eigenvalue weighted by atomic mass is 10.2. The van der Waals surface area contributed by atoms with Crippen molar-refractivity contribution in [2.75, 3.05) is 65.3 Å². The topological polar surface area (TPSA) is 85.7 Å². The zero-order chi connectivity index (χ0) is 19.0. The molecule has 0 amide bonds. The third kappa shape index (κ3) is 23.4. The second kappa shape index (κ2) is 24.4. The summed E-state index contributed by atoms with van der Waals surface area (Å²) in [5.74, 6) is 0.754. The highest BCUT2D eigenvalue weighted by Crippen LogP contribution is 2.01. The minimum absolute atomic E-state index is 0.585. The minimum Gasteiger partial charge on any atom is -0.379 e. The van der Waals surface area contributed by atoms with Gasteiger partial charge >= 0.3 is 0 Å². The first-order valence-electron chi connectivity index (χ1n) is 9.79. The van der Waals surface area contributed by atoms with Crippen LogP contribution in [0.4, 0.5) is 0 Å². The predicted molar refractivity (Wildman–Crippen MR) is 105 cm³/mol. The molecule has 0 unspecified atom stereocenters. The number of azide groups is 1. The van der Waals surface area contributed by atoms with Crippen LogP contribution in [0.2, 0.25) is 0 Å². The Morgan fingerprint density at radius 2 is 1.00 bits per heavy atom. The van der Waals surface area contributed by atoms with Gasteiger partial charge in [-0.25, -0.2) is 0 Å². The summed E-state index contributed by atoms with van der Waals surface area (Å²) in [7, 11) is 0. The number of halogens is 1. The van der Waals surface area contributed by atoms with E-state index in [4.69, 9.17) is 36.1 Å². The lowest BCUT2D eigenvalue weighted by molar-refractivity contribution is -0.00247. The molecular formula is C18H36ClN3O4. The molecule has 0 atom stereocenters. The molecule has 0 saturated heterocycles. The monoisotopic (exact) mass is 393 g/mol. The lowest BCUT2D eigenvalue weighted by Gasteiger charge is -2.07. The zero-order valence-corrected chi connectivity index (χ0v) is 16.8. The Kier molecular flexibility index (Phi) is 23.9. The first-order chi connectivity index (χ1) is 12.9. The molecule has 0 aromatic heterocycles. The number of nitrogens with zero attached hydrogens (tertiary/aromatic N) is 3. The fraction of sp³-hybridized carbons (Fsp3) is 1.00. The fourth-order valence-electron chi connectivity index (χ4n) is 2.20. The van der Waals surface area contributed by atoms with Crippen molar-refractivity contribution in [1.29, 1.82) is 0 Å². The second-order valence-corrected chi connectivity index (χ2v) is 6.30. The van der Waals surface area contributed by atoms with Crippen LogP contribution in [0.1, 0.15) is 51.4 Å². The van der Waals surface area contributed by atoms with E-state index in [1.165, 1.54) is 12.8 Å². The summed E-state index contributed by atoms with van der Waals surface area (Å²) in [6, 6.07) is 0. The van der Waals surface area contributed by atoms with Gasteiger partial charge in [-0.15, -0.1) is 11.6 Å². The quantitative estimate of drug-likeness (QED) is 0.0875. The average Bonchev–Trinajstić information content (AvgIpc) is 2.66. The van der Waals surface area contributed by atoms with Gasteiger partial charge in [0.15, 0.2) is 0 Å². The van der Waals surface area contributed by atoms with E-state index in [1.807, 2.05) is 0 Å². The maximum atomic E-state index is 8.14. The molecule has 0 aliphatic heterocycles. The van der Waals surface area contributed by atoms with E-state index in [2.05, 4.69) is 10.0 Å². The van der Waals surface area contributed by atoms with E-state index in [0.717, 1.165) is 57.6 Å². The lowest BCUT2D eigenvalue weighted by Crippen LogP contribution is -2.12. The van der Waals surface area contributed by atoms with E-state index in [9.17, 15) is 0 Å². The molecule has 0 N–H and O–H groups in total. The predicted octanol–water partition coefficient (Wildman–Crippen LogP) is 4.72. The summed E-state index contributed by atoms with van der Waals surface area (Å²) in [6.45, 7) is 5.78. The SMILES string of the molecule is [N-]=[N+]=NCCCCCCOCCOCCOCCOCCCCCCCl. The zero-order valence-electron chi connectivity index (χ0n) is 16.1. The van der Waals surface area contributed by atoms with Crippen LogP contribution in [0.15, 0.2) is 5.11 Å². The Balaban J connectivity index is 2.97. The van der Waals surface area contributed by atoms with Crippen molar-refractivity contribution in [3.8, 4) is 0 Å². The average molecular weight is 394 g/mol. The van der Waals surface area contributed by atoms with Crippen LogP contribution in [-0.4, -0.2) is 65.3 Å². The van der Waals surface area contributed by atoms with E-state index >= 15 is 0 Å². The maximum absolute atomic E-state index is 8.14. The Hall–Kier alpha value is -0.560. The van der Waals surface area contributed by atoms with Crippen LogP contribution < -0.4 is 0 Å². The number of hydrogen-bond acceptors (Lipinski definition) is 5. The number of alkyl halides is 1. The first kappa shape index (κ1) is 25.4. The van der Waals surface area contributed by atoms with Gasteiger partial charge in [0.25, 0.3) is 0 Å². The van der Waals surface area contributed by atoms with Crippen molar-refractivity contribution in [1.82, 2.24) is 0 Å². The van der Waals surface area contributed by atoms with Gasteiger partial charge in [-0.2, -0.15) is 0 Å². The normalized spacial score (nSPS) is 10.8. The highest BCUT2D eigenvalue weighted by molar-refractivity contribution is 6.17. The summed E-state index contributed by atoms with van der Waals surface area (Å²) < 4.78 is 21.9. The Bertz CT molecular complexity index is 319. The minimum atomic E-state index is 0.585. The summed E-state index contributed by atoms with van der Waals surface area (Å²) >= 11 is 5.62. The van der Waals surface area contributed by atoms with E-state index in [-0.39, 0.29) is 0 Å². The fourth-order valence-corrected chi connectivity index (χ4v) is 2.39. The Morgan fingerprint density at radius 3 is 1.46 bits per heavy atom. The van der Waals surface area contributed by atoms with Crippen LogP contribution in [0, 0.1) is 0 Å². The highest BCUT2D eigenvalue weighted by atomic mass is 35.5. The van der Waals surface area contributed by atoms with E-state index in [1.54, 1.807) is 0 Å². The van der Waals surface area contributed by atoms with Gasteiger partial charge in [0.05, 0.1) is 39.6 Å². The molecule has 0 fully saturated rings. The molecule has 0 aliphatic carbocycles. The molecule has 8 heteroatoms. The van der Waals surface area contributed by atoms with E-state index in [0.29, 0.717) is 46.2 Å². The van der Waals surface area contributed by atoms with Gasteiger partial charge in [-0.1, -0.05) is 30.8 Å². The number of rotatable bonds is 22. The van der Waals surface area contributed by atoms with Crippen molar-refractivity contribution >= 4 is 11.6 Å². The van der Waals surface area contributed by atoms with Gasteiger partial charge < -0.3 is 18.9 Å². The number of unbranched alkanes of at least 4 members (excludes halogenated alkanes) is 6. The van der Waals surface area contributed by atoms with E-state index < -0.39 is 0 Å². The molecule has 0 saturated carbocycles. The Morgan fingerprint density at radius 1 is 0.577 bits per heavy atom. The first-order valence-corrected chi connectivity index (χ1v) is 10.3. The molecule has 0 heterocycles. The molecule has 0 aromatic rings. The van der Waals surface area contributed by atoms with Crippen LogP contribution >= 0.6 is 11.6 Å². The largest absolute Gasteiger partial charge is 0.379 e. The molecule has 0 radical (unpaired) electrons. The van der Waals surface area contributed by atoms with Crippen molar-refractivity contribution < 1.29 is 18.9 Å². The number of hydrogen-bond donors (Lipinski definition) is 0. The second-order valence-electron chi connectivity index (χ2n) is 5.92. The van der Waals surface area contributed by atoms with Crippen LogP contribution in [-0.2, 0) is 18.9 Å². The molecule has 7 nitrogen and oxygen atoms in total. The molecule has 0 aromatic carbocycles. The van der Waals surface area contributed by atoms with Crippen LogP contribution in [0.25, 0.3) is 10.4 Å². The molecular weight excluding hydrogens is 358 g/mol. The molecule has 0 spiro atoms. The Labute approximate surface area is 163 Å². The molecule has 0 rings (SSSR count). The van der Waals surface area contributed by atoms with Gasteiger partial charge in [0.2, 0.25) is 0 Å². The summed E-state index contributed by atoms with van der Waals surface area (Å²) in [4.78, 5) is 2.73. The van der Waals surface area contributed by atoms with Crippen LogP contribution in [0.5, 0.6) is 0 Å². The maximum Gasteiger partial charge on any atom is 0.0701 e. The molecule has 0 aliphatic rings. The van der Waals surface area contributed by atoms with Gasteiger partial charge in [0.1, 0.15) is 0 Å². The van der Waals surface area contributed by atoms with Crippen molar-refractivity contribution in [2.24, 2.45) is 5.11 Å². The highest BCUT2D eigenvalue weighted by Gasteiger charge is 1.94. The number of ether oxygens (including phenoxy) is 4. The summed E-state index contributed by atoms with van der Waals surface area (Å²) in [5, 5.41) is 3.50. The smallest absolute Gasteiger partial charge is 0.0701 e. The van der Waals surface area contributed by atoms with Crippen molar-refractivity contribution in [3.05, 3.63) is 10.4 Å². The third-order valence-corrected chi connectivity index (χ3v) is 3.92. The van der Waals surface area contributed by atoms with Crippen LogP contribution in [0.3, 0.4) is 0 Å². The van der Waals surface area contributed by atoms with Gasteiger partial charge in [-0.3, -0.25) is 0 Å². The standard InChI is InChI=1S/C18H36ClN3O4/c19-9-5-1-3-7-11-23-13-15-25-17-18-26-16-14-24-12-8-4-2-6-10-21-22-20/h1-18H2. The van der Waals surface area contributed by atoms with Crippen molar-refractivity contribution in [3.63, 3.8) is 0 Å². The molecule has 154 valence electrons. The summed E-state index contributed by atoms with van der Waals surface area (Å²) in [5.41, 5.74) is 8.14. The van der Waals surface area contributed by atoms with Crippen molar-refractivity contribution in [2.45, 2.75) is 51.4 Å².